The van der Waals surface area contributed by atoms with Crippen molar-refractivity contribution in [1.29, 1.82) is 0 Å². The molecule has 86 valence electrons. The summed E-state index contributed by atoms with van der Waals surface area (Å²) in [4.78, 5) is 21.8. The first kappa shape index (κ1) is 12.4. The molecule has 2 unspecified atom stereocenters. The molecule has 0 aliphatic rings. The monoisotopic (exact) mass is 241 g/mol. The van der Waals surface area contributed by atoms with Crippen LogP contribution in [0.1, 0.15) is 17.3 Å². The number of carbonyl (C=O) groups is 2. The minimum Gasteiger partial charge on any atom is -0.478 e. The number of primary amides is 1. The summed E-state index contributed by atoms with van der Waals surface area (Å²) in [6.45, 7) is 1.46. The van der Waals surface area contributed by atoms with Crippen LogP contribution < -0.4 is 5.73 Å². The van der Waals surface area contributed by atoms with Gasteiger partial charge in [-0.2, -0.15) is 0 Å². The average Bonchev–Trinajstić information content (AvgIpc) is 2.27. The van der Waals surface area contributed by atoms with E-state index in [1.807, 2.05) is 0 Å². The van der Waals surface area contributed by atoms with Crippen LogP contribution in [0, 0.1) is 0 Å². The van der Waals surface area contributed by atoms with Crippen molar-refractivity contribution in [3.63, 3.8) is 0 Å². The van der Waals surface area contributed by atoms with Gasteiger partial charge < -0.3 is 10.8 Å². The van der Waals surface area contributed by atoms with Crippen LogP contribution in [-0.4, -0.2) is 26.4 Å². The normalized spacial score (nSPS) is 14.1. The summed E-state index contributed by atoms with van der Waals surface area (Å²) < 4.78 is 11.7. The molecular formula is C10H11NO4S. The maximum absolute atomic E-state index is 11.7. The Bertz CT molecular complexity index is 441. The third kappa shape index (κ3) is 2.66. The summed E-state index contributed by atoms with van der Waals surface area (Å²) in [6.07, 6.45) is 0. The quantitative estimate of drug-likeness (QED) is 0.795. The molecule has 0 aromatic heterocycles. The van der Waals surface area contributed by atoms with Gasteiger partial charge in [0.25, 0.3) is 0 Å². The fourth-order valence-corrected chi connectivity index (χ4v) is 2.06. The van der Waals surface area contributed by atoms with Gasteiger partial charge in [0.05, 0.1) is 16.4 Å². The minimum absolute atomic E-state index is 0.104. The van der Waals surface area contributed by atoms with Crippen LogP contribution in [0.4, 0.5) is 0 Å². The second-order valence-corrected chi connectivity index (χ2v) is 4.94. The van der Waals surface area contributed by atoms with E-state index in [-0.39, 0.29) is 5.56 Å². The van der Waals surface area contributed by atoms with Gasteiger partial charge in [-0.05, 0) is 31.2 Å². The molecular weight excluding hydrogens is 230 g/mol. The minimum atomic E-state index is -1.55. The van der Waals surface area contributed by atoms with E-state index in [1.165, 1.54) is 31.2 Å². The number of rotatable bonds is 4. The number of benzene rings is 1. The van der Waals surface area contributed by atoms with E-state index in [4.69, 9.17) is 10.8 Å². The molecule has 1 amide bonds. The van der Waals surface area contributed by atoms with Crippen molar-refractivity contribution in [1.82, 2.24) is 0 Å². The number of carbonyl (C=O) groups excluding carboxylic acids is 1. The molecule has 0 aliphatic heterocycles. The van der Waals surface area contributed by atoms with E-state index in [1.54, 1.807) is 0 Å². The molecule has 1 rings (SSSR count). The number of carboxylic acid groups (broad SMARTS) is 1. The van der Waals surface area contributed by atoms with Crippen LogP contribution in [0.15, 0.2) is 29.2 Å². The number of aromatic carboxylic acids is 1. The van der Waals surface area contributed by atoms with Crippen LogP contribution in [0.25, 0.3) is 0 Å². The molecule has 0 bridgehead atoms. The summed E-state index contributed by atoms with van der Waals surface area (Å²) in [5.41, 5.74) is 5.13. The zero-order valence-electron chi connectivity index (χ0n) is 8.54. The van der Waals surface area contributed by atoms with Gasteiger partial charge >= 0.3 is 5.97 Å². The second kappa shape index (κ2) is 4.89. The number of amides is 1. The van der Waals surface area contributed by atoms with Crippen LogP contribution in [0.2, 0.25) is 0 Å². The first-order valence-electron chi connectivity index (χ1n) is 4.46. The van der Waals surface area contributed by atoms with Crippen molar-refractivity contribution in [2.75, 3.05) is 0 Å². The molecule has 16 heavy (non-hydrogen) atoms. The van der Waals surface area contributed by atoms with Crippen molar-refractivity contribution in [3.05, 3.63) is 29.8 Å². The predicted molar refractivity (Wildman–Crippen MR) is 58.5 cm³/mol. The van der Waals surface area contributed by atoms with Gasteiger partial charge in [-0.1, -0.05) is 0 Å². The first-order valence-corrected chi connectivity index (χ1v) is 5.68. The molecule has 0 saturated carbocycles. The lowest BCUT2D eigenvalue weighted by Crippen LogP contribution is -2.29. The Morgan fingerprint density at radius 2 is 1.81 bits per heavy atom. The Labute approximate surface area is 94.7 Å². The van der Waals surface area contributed by atoms with Gasteiger partial charge in [-0.25, -0.2) is 4.79 Å². The summed E-state index contributed by atoms with van der Waals surface area (Å²) in [5.74, 6) is -1.71. The van der Waals surface area contributed by atoms with Crippen LogP contribution in [0.5, 0.6) is 0 Å². The molecule has 0 fully saturated rings. The number of hydrogen-bond donors (Lipinski definition) is 2. The van der Waals surface area contributed by atoms with E-state index < -0.39 is 27.9 Å². The standard InChI is InChI=1S/C10H11NO4S/c1-6(9(11)12)16(15)8-4-2-7(3-5-8)10(13)14/h2-6H,1H3,(H2,11,12)(H,13,14). The Balaban J connectivity index is 2.94. The zero-order chi connectivity index (χ0) is 12.3. The molecule has 1 aromatic carbocycles. The summed E-state index contributed by atoms with van der Waals surface area (Å²) in [5, 5.41) is 7.87. The van der Waals surface area contributed by atoms with E-state index in [0.29, 0.717) is 4.90 Å². The predicted octanol–water partition coefficient (Wildman–Crippen LogP) is 0.366. The Morgan fingerprint density at radius 1 is 1.31 bits per heavy atom. The Hall–Kier alpha value is -1.69. The molecule has 6 heteroatoms. The fourth-order valence-electron chi connectivity index (χ4n) is 1.04. The van der Waals surface area contributed by atoms with Crippen LogP contribution >= 0.6 is 0 Å². The van der Waals surface area contributed by atoms with Gasteiger partial charge in [0.2, 0.25) is 5.91 Å². The highest BCUT2D eigenvalue weighted by Crippen LogP contribution is 2.12. The second-order valence-electron chi connectivity index (χ2n) is 3.17. The highest BCUT2D eigenvalue weighted by molar-refractivity contribution is 7.86. The third-order valence-electron chi connectivity index (χ3n) is 2.06. The smallest absolute Gasteiger partial charge is 0.335 e. The van der Waals surface area contributed by atoms with Gasteiger partial charge in [0.15, 0.2) is 0 Å². The number of carboxylic acids is 1. The summed E-state index contributed by atoms with van der Waals surface area (Å²) in [7, 11) is -1.55. The lowest BCUT2D eigenvalue weighted by atomic mass is 10.2. The van der Waals surface area contributed by atoms with Crippen molar-refractivity contribution in [2.24, 2.45) is 5.73 Å². The number of nitrogens with two attached hydrogens (primary N) is 1. The maximum atomic E-state index is 11.7. The summed E-state index contributed by atoms with van der Waals surface area (Å²) in [6, 6.07) is 5.50. The van der Waals surface area contributed by atoms with E-state index >= 15 is 0 Å². The SMILES string of the molecule is CC(C(N)=O)S(=O)c1ccc(C(=O)O)cc1. The Morgan fingerprint density at radius 3 is 2.19 bits per heavy atom. The van der Waals surface area contributed by atoms with Crippen LogP contribution in [-0.2, 0) is 15.6 Å². The van der Waals surface area contributed by atoms with E-state index in [9.17, 15) is 13.8 Å². The fraction of sp³-hybridized carbons (Fsp3) is 0.200. The van der Waals surface area contributed by atoms with E-state index in [2.05, 4.69) is 0 Å². The zero-order valence-corrected chi connectivity index (χ0v) is 9.36. The largest absolute Gasteiger partial charge is 0.478 e. The highest BCUT2D eigenvalue weighted by atomic mass is 32.2. The topological polar surface area (TPSA) is 97.5 Å². The van der Waals surface area contributed by atoms with Crippen molar-refractivity contribution >= 4 is 22.7 Å². The van der Waals surface area contributed by atoms with Gasteiger partial charge in [0, 0.05) is 4.90 Å². The molecule has 0 spiro atoms. The van der Waals surface area contributed by atoms with Crippen LogP contribution in [0.3, 0.4) is 0 Å². The molecule has 2 atom stereocenters. The number of hydrogen-bond acceptors (Lipinski definition) is 3. The lowest BCUT2D eigenvalue weighted by molar-refractivity contribution is -0.117. The van der Waals surface area contributed by atoms with Gasteiger partial charge in [-0.15, -0.1) is 0 Å². The van der Waals surface area contributed by atoms with Crippen molar-refractivity contribution in [3.8, 4) is 0 Å². The molecule has 0 radical (unpaired) electrons. The molecule has 5 nitrogen and oxygen atoms in total. The third-order valence-corrected chi connectivity index (χ3v) is 3.67. The van der Waals surface area contributed by atoms with Gasteiger partial charge in [-0.3, -0.25) is 9.00 Å². The summed E-state index contributed by atoms with van der Waals surface area (Å²) >= 11 is 0. The van der Waals surface area contributed by atoms with Crippen molar-refractivity contribution < 1.29 is 18.9 Å². The lowest BCUT2D eigenvalue weighted by Gasteiger charge is -2.07. The van der Waals surface area contributed by atoms with E-state index in [0.717, 1.165) is 0 Å². The van der Waals surface area contributed by atoms with Gasteiger partial charge in [0.1, 0.15) is 5.25 Å². The molecule has 0 heterocycles. The average molecular weight is 241 g/mol. The Kier molecular flexibility index (Phi) is 3.78. The molecule has 0 aliphatic carbocycles. The maximum Gasteiger partial charge on any atom is 0.335 e. The highest BCUT2D eigenvalue weighted by Gasteiger charge is 2.18. The molecule has 0 saturated heterocycles. The van der Waals surface area contributed by atoms with Crippen molar-refractivity contribution in [2.45, 2.75) is 17.1 Å². The first-order chi connectivity index (χ1) is 7.43. The molecule has 3 N–H and O–H groups in total. The molecule has 1 aromatic rings.